The van der Waals surface area contributed by atoms with Crippen molar-refractivity contribution in [3.8, 4) is 0 Å². The van der Waals surface area contributed by atoms with Crippen LogP contribution in [0.15, 0.2) is 16.8 Å². The van der Waals surface area contributed by atoms with Gasteiger partial charge in [-0.2, -0.15) is 11.3 Å². The second kappa shape index (κ2) is 10.4. The lowest BCUT2D eigenvalue weighted by Gasteiger charge is -2.31. The number of halogens is 2. The zero-order valence-electron chi connectivity index (χ0n) is 12.5. The van der Waals surface area contributed by atoms with Crippen LogP contribution in [0.4, 0.5) is 0 Å². The fourth-order valence-corrected chi connectivity index (χ4v) is 3.25. The number of rotatable bonds is 5. The van der Waals surface area contributed by atoms with Crippen molar-refractivity contribution in [3.63, 3.8) is 0 Å². The molecule has 0 spiro atoms. The van der Waals surface area contributed by atoms with Crippen LogP contribution in [-0.2, 0) is 4.79 Å². The summed E-state index contributed by atoms with van der Waals surface area (Å²) >= 11 is 1.66. The van der Waals surface area contributed by atoms with Gasteiger partial charge in [0.25, 0.3) is 0 Å². The second-order valence-electron chi connectivity index (χ2n) is 5.24. The number of carbonyl (C=O) groups is 1. The molecule has 1 aliphatic heterocycles. The average molecular weight is 354 g/mol. The van der Waals surface area contributed by atoms with E-state index in [1.54, 1.807) is 11.3 Å². The van der Waals surface area contributed by atoms with Crippen LogP contribution in [0, 0.1) is 0 Å². The minimum Gasteiger partial charge on any atom is -0.348 e. The van der Waals surface area contributed by atoms with Crippen LogP contribution in [0.3, 0.4) is 0 Å². The highest BCUT2D eigenvalue weighted by atomic mass is 35.5. The molecule has 2 rings (SSSR count). The Morgan fingerprint density at radius 3 is 2.71 bits per heavy atom. The van der Waals surface area contributed by atoms with Crippen LogP contribution in [0.25, 0.3) is 0 Å². The molecule has 0 bridgehead atoms. The van der Waals surface area contributed by atoms with Gasteiger partial charge in [-0.1, -0.05) is 0 Å². The summed E-state index contributed by atoms with van der Waals surface area (Å²) in [6.45, 7) is 4.63. The third-order valence-electron chi connectivity index (χ3n) is 3.75. The van der Waals surface area contributed by atoms with E-state index in [-0.39, 0.29) is 36.8 Å². The van der Waals surface area contributed by atoms with E-state index in [2.05, 4.69) is 27.0 Å². The van der Waals surface area contributed by atoms with E-state index in [0.29, 0.717) is 12.6 Å². The minimum atomic E-state index is 0. The van der Waals surface area contributed by atoms with Crippen molar-refractivity contribution in [3.05, 3.63) is 22.4 Å². The molecule has 2 heterocycles. The normalized spacial score (nSPS) is 16.7. The van der Waals surface area contributed by atoms with Gasteiger partial charge in [-0.3, -0.25) is 9.69 Å². The van der Waals surface area contributed by atoms with Crippen molar-refractivity contribution in [2.75, 3.05) is 26.7 Å². The van der Waals surface area contributed by atoms with Gasteiger partial charge in [0.2, 0.25) is 5.91 Å². The molecule has 0 aliphatic carbocycles. The van der Waals surface area contributed by atoms with Crippen molar-refractivity contribution in [1.82, 2.24) is 15.5 Å². The van der Waals surface area contributed by atoms with Gasteiger partial charge in [0.05, 0.1) is 12.6 Å². The molecule has 7 heteroatoms. The number of amides is 1. The number of carbonyl (C=O) groups excluding carboxylic acids is 1. The Kier molecular flexibility index (Phi) is 10.2. The molecule has 1 atom stereocenters. The Morgan fingerprint density at radius 1 is 1.48 bits per heavy atom. The van der Waals surface area contributed by atoms with E-state index in [1.807, 2.05) is 19.4 Å². The molecule has 0 aromatic carbocycles. The van der Waals surface area contributed by atoms with Crippen LogP contribution >= 0.6 is 36.2 Å². The number of likely N-dealkylation sites (N-methyl/N-ethyl adjacent to an activating group) is 1. The molecule has 0 saturated carbocycles. The molecule has 2 N–H and O–H groups in total. The molecule has 0 radical (unpaired) electrons. The quantitative estimate of drug-likeness (QED) is 0.854. The van der Waals surface area contributed by atoms with Crippen molar-refractivity contribution < 1.29 is 4.79 Å². The fraction of sp³-hybridized carbons (Fsp3) is 0.643. The number of hydrogen-bond acceptors (Lipinski definition) is 4. The summed E-state index contributed by atoms with van der Waals surface area (Å²) < 4.78 is 0. The first kappa shape index (κ1) is 20.7. The standard InChI is InChI=1S/C14H23N3OS.2ClH/c1-11(12-5-8-19-10-12)16-14(18)9-17(2)13-3-6-15-7-4-13;;/h5,8,10-11,13,15H,3-4,6-7,9H2,1-2H3,(H,16,18);2*1H. The topological polar surface area (TPSA) is 44.4 Å². The first-order valence-electron chi connectivity index (χ1n) is 6.89. The molecule has 1 aromatic heterocycles. The van der Waals surface area contributed by atoms with Crippen LogP contribution in [-0.4, -0.2) is 43.5 Å². The second-order valence-corrected chi connectivity index (χ2v) is 6.02. The molecular formula is C14H25Cl2N3OS. The summed E-state index contributed by atoms with van der Waals surface area (Å²) in [6.07, 6.45) is 2.26. The minimum absolute atomic E-state index is 0. The third kappa shape index (κ3) is 6.53. The Labute approximate surface area is 143 Å². The molecule has 1 aliphatic rings. The monoisotopic (exact) mass is 353 g/mol. The van der Waals surface area contributed by atoms with Crippen molar-refractivity contribution in [1.29, 1.82) is 0 Å². The van der Waals surface area contributed by atoms with E-state index in [4.69, 9.17) is 0 Å². The Morgan fingerprint density at radius 2 is 2.14 bits per heavy atom. The van der Waals surface area contributed by atoms with Crippen molar-refractivity contribution >= 4 is 42.1 Å². The van der Waals surface area contributed by atoms with Gasteiger partial charge < -0.3 is 10.6 Å². The summed E-state index contributed by atoms with van der Waals surface area (Å²) in [5.41, 5.74) is 1.18. The van der Waals surface area contributed by atoms with Crippen LogP contribution in [0.1, 0.15) is 31.4 Å². The summed E-state index contributed by atoms with van der Waals surface area (Å²) in [5.74, 6) is 0.111. The molecular weight excluding hydrogens is 329 g/mol. The Hall–Kier alpha value is -0.330. The molecule has 1 fully saturated rings. The van der Waals surface area contributed by atoms with Gasteiger partial charge in [-0.15, -0.1) is 24.8 Å². The SMILES string of the molecule is CC(NC(=O)CN(C)C1CCNCC1)c1ccsc1.Cl.Cl. The van der Waals surface area contributed by atoms with Crippen LogP contribution in [0.2, 0.25) is 0 Å². The highest BCUT2D eigenvalue weighted by Gasteiger charge is 2.20. The smallest absolute Gasteiger partial charge is 0.234 e. The molecule has 4 nitrogen and oxygen atoms in total. The van der Waals surface area contributed by atoms with Gasteiger partial charge in [0.1, 0.15) is 0 Å². The predicted molar refractivity (Wildman–Crippen MR) is 93.9 cm³/mol. The van der Waals surface area contributed by atoms with Gasteiger partial charge in [0, 0.05) is 6.04 Å². The molecule has 1 saturated heterocycles. The Bertz CT molecular complexity index is 397. The average Bonchev–Trinajstić information content (AvgIpc) is 2.93. The fourth-order valence-electron chi connectivity index (χ4n) is 2.49. The lowest BCUT2D eigenvalue weighted by Crippen LogP contribution is -2.45. The molecule has 1 aromatic rings. The van der Waals surface area contributed by atoms with Gasteiger partial charge in [-0.25, -0.2) is 0 Å². The number of piperidine rings is 1. The maximum Gasteiger partial charge on any atom is 0.234 e. The maximum atomic E-state index is 12.0. The lowest BCUT2D eigenvalue weighted by molar-refractivity contribution is -0.123. The summed E-state index contributed by atoms with van der Waals surface area (Å²) in [6, 6.07) is 2.69. The summed E-state index contributed by atoms with van der Waals surface area (Å²) in [5, 5.41) is 10.5. The van der Waals surface area contributed by atoms with E-state index in [0.717, 1.165) is 25.9 Å². The van der Waals surface area contributed by atoms with Gasteiger partial charge >= 0.3 is 0 Å². The zero-order valence-corrected chi connectivity index (χ0v) is 15.0. The number of thiophene rings is 1. The first-order valence-corrected chi connectivity index (χ1v) is 7.83. The molecule has 21 heavy (non-hydrogen) atoms. The molecule has 122 valence electrons. The van der Waals surface area contributed by atoms with E-state index in [1.165, 1.54) is 5.56 Å². The maximum absolute atomic E-state index is 12.0. The highest BCUT2D eigenvalue weighted by molar-refractivity contribution is 7.07. The zero-order chi connectivity index (χ0) is 13.7. The first-order chi connectivity index (χ1) is 9.16. The summed E-state index contributed by atoms with van der Waals surface area (Å²) in [7, 11) is 2.05. The van der Waals surface area contributed by atoms with Crippen LogP contribution < -0.4 is 10.6 Å². The summed E-state index contributed by atoms with van der Waals surface area (Å²) in [4.78, 5) is 14.2. The lowest BCUT2D eigenvalue weighted by atomic mass is 10.1. The third-order valence-corrected chi connectivity index (χ3v) is 4.45. The van der Waals surface area contributed by atoms with Gasteiger partial charge in [-0.05, 0) is 62.3 Å². The van der Waals surface area contributed by atoms with E-state index < -0.39 is 0 Å². The predicted octanol–water partition coefficient (Wildman–Crippen LogP) is 2.45. The number of nitrogens with one attached hydrogen (secondary N) is 2. The van der Waals surface area contributed by atoms with Gasteiger partial charge in [0.15, 0.2) is 0 Å². The van der Waals surface area contributed by atoms with Crippen molar-refractivity contribution in [2.45, 2.75) is 31.8 Å². The van der Waals surface area contributed by atoms with Crippen molar-refractivity contribution in [2.24, 2.45) is 0 Å². The van der Waals surface area contributed by atoms with Crippen LogP contribution in [0.5, 0.6) is 0 Å². The highest BCUT2D eigenvalue weighted by Crippen LogP contribution is 2.15. The molecule has 1 amide bonds. The number of nitrogens with zero attached hydrogens (tertiary/aromatic N) is 1. The Balaban J connectivity index is 0.00000200. The molecule has 1 unspecified atom stereocenters. The van der Waals surface area contributed by atoms with E-state index >= 15 is 0 Å². The van der Waals surface area contributed by atoms with E-state index in [9.17, 15) is 4.79 Å². The largest absolute Gasteiger partial charge is 0.348 e. The number of hydrogen-bond donors (Lipinski definition) is 2.